The van der Waals surface area contributed by atoms with Gasteiger partial charge in [-0.25, -0.2) is 4.98 Å². The monoisotopic (exact) mass is 403 g/mol. The first-order valence-corrected chi connectivity index (χ1v) is 10.1. The van der Waals surface area contributed by atoms with E-state index in [2.05, 4.69) is 16.8 Å². The lowest BCUT2D eigenvalue weighted by Crippen LogP contribution is -2.28. The maximum Gasteiger partial charge on any atom is 0.287 e. The molecule has 6 heteroatoms. The maximum atomic E-state index is 12.4. The van der Waals surface area contributed by atoms with Gasteiger partial charge in [0.15, 0.2) is 5.76 Å². The number of furan rings is 1. The van der Waals surface area contributed by atoms with Crippen molar-refractivity contribution in [1.29, 1.82) is 0 Å². The van der Waals surface area contributed by atoms with Crippen LogP contribution in [0.5, 0.6) is 5.75 Å². The van der Waals surface area contributed by atoms with Crippen molar-refractivity contribution in [1.82, 2.24) is 14.9 Å². The van der Waals surface area contributed by atoms with Crippen LogP contribution in [0.25, 0.3) is 11.0 Å². The van der Waals surface area contributed by atoms with Gasteiger partial charge in [0.25, 0.3) is 5.91 Å². The fourth-order valence-corrected chi connectivity index (χ4v) is 3.45. The SMILES string of the molecule is Cc1ccc(OCCCn2c(C(C)NC(=O)c3ccco3)nc3ccccc32)cc1. The molecule has 2 aromatic heterocycles. The molecule has 0 aliphatic carbocycles. The summed E-state index contributed by atoms with van der Waals surface area (Å²) in [5.41, 5.74) is 3.16. The number of benzene rings is 2. The van der Waals surface area contributed by atoms with Crippen LogP contribution in [-0.2, 0) is 6.54 Å². The summed E-state index contributed by atoms with van der Waals surface area (Å²) in [5, 5.41) is 2.97. The Labute approximate surface area is 175 Å². The van der Waals surface area contributed by atoms with Gasteiger partial charge in [0.05, 0.1) is 29.9 Å². The zero-order valence-corrected chi connectivity index (χ0v) is 17.2. The van der Waals surface area contributed by atoms with E-state index >= 15 is 0 Å². The van der Waals surface area contributed by atoms with Gasteiger partial charge in [0.2, 0.25) is 0 Å². The first kappa shape index (κ1) is 19.8. The van der Waals surface area contributed by atoms with Gasteiger partial charge in [-0.1, -0.05) is 29.8 Å². The quantitative estimate of drug-likeness (QED) is 0.425. The Morgan fingerprint density at radius 3 is 2.70 bits per heavy atom. The van der Waals surface area contributed by atoms with E-state index in [1.54, 1.807) is 12.1 Å². The first-order valence-electron chi connectivity index (χ1n) is 10.1. The number of para-hydroxylation sites is 2. The summed E-state index contributed by atoms with van der Waals surface area (Å²) in [5.74, 6) is 1.71. The zero-order chi connectivity index (χ0) is 20.9. The lowest BCUT2D eigenvalue weighted by Gasteiger charge is -2.16. The Hall–Kier alpha value is -3.54. The van der Waals surface area contributed by atoms with Crippen LogP contribution in [0, 0.1) is 6.92 Å². The molecule has 30 heavy (non-hydrogen) atoms. The van der Waals surface area contributed by atoms with Gasteiger partial charge in [-0.05, 0) is 56.7 Å². The summed E-state index contributed by atoms with van der Waals surface area (Å²) in [6.45, 7) is 5.33. The van der Waals surface area contributed by atoms with Gasteiger partial charge in [0, 0.05) is 6.54 Å². The Morgan fingerprint density at radius 2 is 1.93 bits per heavy atom. The zero-order valence-electron chi connectivity index (χ0n) is 17.2. The molecular formula is C24H25N3O3. The van der Waals surface area contributed by atoms with Crippen LogP contribution < -0.4 is 10.1 Å². The molecule has 1 amide bonds. The molecule has 4 aromatic rings. The molecule has 1 N–H and O–H groups in total. The molecule has 0 aliphatic rings. The number of carbonyl (C=O) groups is 1. The predicted octanol–water partition coefficient (Wildman–Crippen LogP) is 4.90. The third-order valence-electron chi connectivity index (χ3n) is 4.98. The Balaban J connectivity index is 1.47. The van der Waals surface area contributed by atoms with Gasteiger partial charge in [-0.3, -0.25) is 4.79 Å². The number of aryl methyl sites for hydroxylation is 2. The number of fused-ring (bicyclic) bond motifs is 1. The highest BCUT2D eigenvalue weighted by molar-refractivity contribution is 5.91. The molecule has 0 radical (unpaired) electrons. The highest BCUT2D eigenvalue weighted by Gasteiger charge is 2.20. The van der Waals surface area contributed by atoms with Crippen molar-refractivity contribution in [3.05, 3.63) is 84.1 Å². The van der Waals surface area contributed by atoms with Crippen LogP contribution >= 0.6 is 0 Å². The van der Waals surface area contributed by atoms with E-state index < -0.39 is 0 Å². The minimum atomic E-state index is -0.270. The van der Waals surface area contributed by atoms with E-state index in [4.69, 9.17) is 14.1 Å². The molecule has 6 nitrogen and oxygen atoms in total. The third kappa shape index (κ3) is 4.38. The predicted molar refractivity (Wildman–Crippen MR) is 116 cm³/mol. The molecule has 2 aromatic carbocycles. The molecule has 1 atom stereocenters. The number of imidazole rings is 1. The fourth-order valence-electron chi connectivity index (χ4n) is 3.45. The summed E-state index contributed by atoms with van der Waals surface area (Å²) in [6.07, 6.45) is 2.31. The molecule has 0 saturated heterocycles. The Bertz CT molecular complexity index is 1110. The molecule has 4 rings (SSSR count). The summed E-state index contributed by atoms with van der Waals surface area (Å²) >= 11 is 0. The minimum Gasteiger partial charge on any atom is -0.494 e. The lowest BCUT2D eigenvalue weighted by atomic mass is 10.2. The van der Waals surface area contributed by atoms with Crippen molar-refractivity contribution in [2.24, 2.45) is 0 Å². The summed E-state index contributed by atoms with van der Waals surface area (Å²) in [6, 6.07) is 19.1. The number of carbonyl (C=O) groups excluding carboxylic acids is 1. The van der Waals surface area contributed by atoms with Crippen LogP contribution in [0.3, 0.4) is 0 Å². The van der Waals surface area contributed by atoms with Crippen LogP contribution in [0.4, 0.5) is 0 Å². The summed E-state index contributed by atoms with van der Waals surface area (Å²) in [7, 11) is 0. The maximum absolute atomic E-state index is 12.4. The van der Waals surface area contributed by atoms with Crippen molar-refractivity contribution in [2.45, 2.75) is 32.9 Å². The van der Waals surface area contributed by atoms with Crippen molar-refractivity contribution < 1.29 is 13.9 Å². The van der Waals surface area contributed by atoms with E-state index in [1.165, 1.54) is 11.8 Å². The van der Waals surface area contributed by atoms with Crippen molar-refractivity contribution in [2.75, 3.05) is 6.61 Å². The minimum absolute atomic E-state index is 0.256. The van der Waals surface area contributed by atoms with Crippen LogP contribution in [0.15, 0.2) is 71.3 Å². The fraction of sp³-hybridized carbons (Fsp3) is 0.250. The van der Waals surface area contributed by atoms with Crippen LogP contribution in [0.2, 0.25) is 0 Å². The van der Waals surface area contributed by atoms with Gasteiger partial charge in [-0.2, -0.15) is 0 Å². The first-order chi connectivity index (χ1) is 14.6. The van der Waals surface area contributed by atoms with Crippen LogP contribution in [0.1, 0.15) is 41.3 Å². The average molecular weight is 403 g/mol. The van der Waals surface area contributed by atoms with E-state index in [1.807, 2.05) is 55.5 Å². The second-order valence-corrected chi connectivity index (χ2v) is 7.30. The largest absolute Gasteiger partial charge is 0.494 e. The standard InChI is InChI=1S/C24H25N3O3/c1-17-10-12-19(13-11-17)29-16-6-14-27-21-8-4-3-7-20(21)26-23(27)18(2)25-24(28)22-9-5-15-30-22/h3-5,7-13,15,18H,6,14,16H2,1-2H3,(H,25,28). The van der Waals surface area contributed by atoms with Crippen LogP contribution in [-0.4, -0.2) is 22.1 Å². The second kappa shape index (κ2) is 8.86. The molecule has 0 saturated carbocycles. The number of hydrogen-bond acceptors (Lipinski definition) is 4. The number of aromatic nitrogens is 2. The van der Waals surface area contributed by atoms with E-state index in [9.17, 15) is 4.79 Å². The molecule has 2 heterocycles. The molecule has 0 fully saturated rings. The molecule has 0 spiro atoms. The second-order valence-electron chi connectivity index (χ2n) is 7.30. The highest BCUT2D eigenvalue weighted by Crippen LogP contribution is 2.22. The Morgan fingerprint density at radius 1 is 1.13 bits per heavy atom. The molecule has 1 unspecified atom stereocenters. The molecular weight excluding hydrogens is 378 g/mol. The van der Waals surface area contributed by atoms with Crippen molar-refractivity contribution in [3.63, 3.8) is 0 Å². The number of ether oxygens (including phenoxy) is 1. The molecule has 0 aliphatic heterocycles. The van der Waals surface area contributed by atoms with Crippen molar-refractivity contribution >= 4 is 16.9 Å². The number of rotatable bonds is 8. The third-order valence-corrected chi connectivity index (χ3v) is 4.98. The summed E-state index contributed by atoms with van der Waals surface area (Å²) in [4.78, 5) is 17.2. The number of amides is 1. The number of nitrogens with zero attached hydrogens (tertiary/aromatic N) is 2. The topological polar surface area (TPSA) is 69.3 Å². The summed E-state index contributed by atoms with van der Waals surface area (Å²) < 4.78 is 13.2. The van der Waals surface area contributed by atoms with E-state index in [-0.39, 0.29) is 17.7 Å². The molecule has 154 valence electrons. The lowest BCUT2D eigenvalue weighted by molar-refractivity contribution is 0.0909. The van der Waals surface area contributed by atoms with Gasteiger partial charge in [0.1, 0.15) is 11.6 Å². The normalized spacial score (nSPS) is 12.1. The average Bonchev–Trinajstić information content (AvgIpc) is 3.41. The van der Waals surface area contributed by atoms with Gasteiger partial charge < -0.3 is 19.0 Å². The van der Waals surface area contributed by atoms with Crippen molar-refractivity contribution in [3.8, 4) is 5.75 Å². The Kier molecular flexibility index (Phi) is 5.84. The number of nitrogens with one attached hydrogen (secondary N) is 1. The van der Waals surface area contributed by atoms with E-state index in [0.29, 0.717) is 6.61 Å². The highest BCUT2D eigenvalue weighted by atomic mass is 16.5. The smallest absolute Gasteiger partial charge is 0.287 e. The molecule has 0 bridgehead atoms. The van der Waals surface area contributed by atoms with E-state index in [0.717, 1.165) is 35.6 Å². The number of hydrogen-bond donors (Lipinski definition) is 1. The van der Waals surface area contributed by atoms with Gasteiger partial charge in [-0.15, -0.1) is 0 Å². The van der Waals surface area contributed by atoms with Gasteiger partial charge >= 0.3 is 0 Å².